The van der Waals surface area contributed by atoms with E-state index in [1.165, 1.54) is 4.90 Å². The number of hydrogen-bond acceptors (Lipinski definition) is 4. The van der Waals surface area contributed by atoms with E-state index in [4.69, 9.17) is 4.74 Å². The zero-order chi connectivity index (χ0) is 17.8. The molecule has 130 valence electrons. The van der Waals surface area contributed by atoms with Crippen LogP contribution in [-0.2, 0) is 16.5 Å². The molecule has 2 heterocycles. The number of carbonyl (C=O) groups excluding carboxylic acids is 1. The molecule has 23 heavy (non-hydrogen) atoms. The minimum absolute atomic E-state index is 0.0667. The fraction of sp³-hybridized carbons (Fsp3) is 0.786. The Bertz CT molecular complexity index is 617. The first-order valence-corrected chi connectivity index (χ1v) is 7.26. The molecule has 0 spiro atoms. The molecule has 0 aliphatic carbocycles. The first-order chi connectivity index (χ1) is 10.2. The predicted molar refractivity (Wildman–Crippen MR) is 75.7 cm³/mol. The summed E-state index contributed by atoms with van der Waals surface area (Å²) in [5, 5.41) is 6.97. The van der Waals surface area contributed by atoms with Crippen molar-refractivity contribution in [3.63, 3.8) is 0 Å². The molecule has 1 unspecified atom stereocenters. The highest BCUT2D eigenvalue weighted by atomic mass is 19.4. The van der Waals surface area contributed by atoms with Gasteiger partial charge in [-0.25, -0.2) is 4.79 Å². The van der Waals surface area contributed by atoms with Gasteiger partial charge in [-0.2, -0.15) is 13.2 Å². The fourth-order valence-corrected chi connectivity index (χ4v) is 2.65. The maximum Gasteiger partial charge on any atom is 0.451 e. The lowest BCUT2D eigenvalue weighted by molar-refractivity contribution is -0.150. The smallest absolute Gasteiger partial charge is 0.444 e. The molecule has 0 N–H and O–H groups in total. The number of fused-ring (bicyclic) bond motifs is 1. The largest absolute Gasteiger partial charge is 0.451 e. The molecule has 0 bridgehead atoms. The molecular formula is C14H21F3N4O2. The van der Waals surface area contributed by atoms with Crippen LogP contribution in [0.3, 0.4) is 0 Å². The summed E-state index contributed by atoms with van der Waals surface area (Å²) in [4.78, 5) is 13.7. The average Bonchev–Trinajstić information content (AvgIpc) is 2.77. The third-order valence-electron chi connectivity index (χ3n) is 3.57. The van der Waals surface area contributed by atoms with Crippen LogP contribution in [-0.4, -0.2) is 37.9 Å². The number of alkyl halides is 3. The molecule has 1 aliphatic heterocycles. The Morgan fingerprint density at radius 2 is 1.83 bits per heavy atom. The van der Waals surface area contributed by atoms with Gasteiger partial charge >= 0.3 is 12.3 Å². The van der Waals surface area contributed by atoms with Gasteiger partial charge < -0.3 is 4.74 Å². The number of ether oxygens (including phenoxy) is 1. The van der Waals surface area contributed by atoms with E-state index in [2.05, 4.69) is 10.2 Å². The summed E-state index contributed by atoms with van der Waals surface area (Å²) in [6.45, 7) is 10.1. The van der Waals surface area contributed by atoms with Gasteiger partial charge in [-0.3, -0.25) is 9.47 Å². The van der Waals surface area contributed by atoms with Crippen molar-refractivity contribution in [2.75, 3.05) is 6.54 Å². The van der Waals surface area contributed by atoms with Crippen molar-refractivity contribution >= 4 is 6.09 Å². The van der Waals surface area contributed by atoms with E-state index in [1.807, 2.05) is 0 Å². The quantitative estimate of drug-likeness (QED) is 0.730. The van der Waals surface area contributed by atoms with E-state index in [0.29, 0.717) is 0 Å². The number of hydrogen-bond donors (Lipinski definition) is 0. The third-order valence-corrected chi connectivity index (χ3v) is 3.57. The SMILES string of the molecule is CC1c2nnc(C(F)(F)F)n2C(C)(C)CN1C(=O)OC(C)(C)C. The number of rotatable bonds is 0. The van der Waals surface area contributed by atoms with Gasteiger partial charge in [0.15, 0.2) is 5.82 Å². The van der Waals surface area contributed by atoms with E-state index in [-0.39, 0.29) is 12.4 Å². The summed E-state index contributed by atoms with van der Waals surface area (Å²) in [6.07, 6.45) is -5.18. The molecule has 1 aromatic heterocycles. The molecule has 6 nitrogen and oxygen atoms in total. The molecule has 0 aromatic carbocycles. The van der Waals surface area contributed by atoms with Crippen LogP contribution in [0.2, 0.25) is 0 Å². The Labute approximate surface area is 132 Å². The van der Waals surface area contributed by atoms with Crippen LogP contribution in [0.4, 0.5) is 18.0 Å². The van der Waals surface area contributed by atoms with Crippen LogP contribution < -0.4 is 0 Å². The molecule has 9 heteroatoms. The van der Waals surface area contributed by atoms with E-state index in [0.717, 1.165) is 4.57 Å². The molecule has 0 saturated carbocycles. The van der Waals surface area contributed by atoms with Crippen molar-refractivity contribution < 1.29 is 22.7 Å². The topological polar surface area (TPSA) is 60.2 Å². The van der Waals surface area contributed by atoms with Crippen LogP contribution in [0.15, 0.2) is 0 Å². The first-order valence-electron chi connectivity index (χ1n) is 7.26. The predicted octanol–water partition coefficient (Wildman–Crippen LogP) is 3.34. The van der Waals surface area contributed by atoms with Gasteiger partial charge in [0.25, 0.3) is 0 Å². The van der Waals surface area contributed by atoms with Gasteiger partial charge in [0.1, 0.15) is 5.60 Å². The Morgan fingerprint density at radius 3 is 2.30 bits per heavy atom. The lowest BCUT2D eigenvalue weighted by Gasteiger charge is -2.43. The summed E-state index contributed by atoms with van der Waals surface area (Å²) in [5.41, 5.74) is -1.70. The van der Waals surface area contributed by atoms with E-state index in [9.17, 15) is 18.0 Å². The summed E-state index contributed by atoms with van der Waals surface area (Å²) in [7, 11) is 0. The van der Waals surface area contributed by atoms with Gasteiger partial charge in [-0.15, -0.1) is 10.2 Å². The zero-order valence-corrected chi connectivity index (χ0v) is 14.0. The van der Waals surface area contributed by atoms with Crippen molar-refractivity contribution in [3.8, 4) is 0 Å². The Hall–Kier alpha value is -1.80. The number of amides is 1. The van der Waals surface area contributed by atoms with Crippen molar-refractivity contribution in [2.24, 2.45) is 0 Å². The van der Waals surface area contributed by atoms with Crippen LogP contribution in [0.25, 0.3) is 0 Å². The minimum Gasteiger partial charge on any atom is -0.444 e. The van der Waals surface area contributed by atoms with Gasteiger partial charge in [0.2, 0.25) is 5.82 Å². The highest BCUT2D eigenvalue weighted by Crippen LogP contribution is 2.39. The van der Waals surface area contributed by atoms with Crippen LogP contribution in [0.1, 0.15) is 59.2 Å². The van der Waals surface area contributed by atoms with Crippen LogP contribution >= 0.6 is 0 Å². The monoisotopic (exact) mass is 334 g/mol. The van der Waals surface area contributed by atoms with Crippen molar-refractivity contribution in [3.05, 3.63) is 11.6 Å². The molecule has 1 atom stereocenters. The van der Waals surface area contributed by atoms with Gasteiger partial charge in [0, 0.05) is 6.54 Å². The normalized spacial score (nSPS) is 21.1. The molecule has 0 saturated heterocycles. The van der Waals surface area contributed by atoms with Crippen molar-refractivity contribution in [1.29, 1.82) is 0 Å². The minimum atomic E-state index is -4.60. The molecule has 2 rings (SSSR count). The van der Waals surface area contributed by atoms with Crippen LogP contribution in [0, 0.1) is 0 Å². The zero-order valence-electron chi connectivity index (χ0n) is 14.0. The molecule has 1 amide bonds. The number of halogens is 3. The van der Waals surface area contributed by atoms with Gasteiger partial charge in [-0.05, 0) is 41.5 Å². The first kappa shape index (κ1) is 17.6. The number of carbonyl (C=O) groups is 1. The summed E-state index contributed by atoms with van der Waals surface area (Å²) < 4.78 is 45.8. The standard InChI is InChI=1S/C14H21F3N4O2/c1-8-9-18-19-10(14(15,16)17)21(9)13(5,6)7-20(8)11(22)23-12(2,3)4/h8H,7H2,1-6H3. The second-order valence-corrected chi connectivity index (χ2v) is 7.31. The molecule has 1 aromatic rings. The second-order valence-electron chi connectivity index (χ2n) is 7.31. The average molecular weight is 334 g/mol. The molecule has 1 aliphatic rings. The van der Waals surface area contributed by atoms with Gasteiger partial charge in [0.05, 0.1) is 11.6 Å². The van der Waals surface area contributed by atoms with E-state index < -0.39 is 35.3 Å². The Balaban J connectivity index is 2.44. The highest BCUT2D eigenvalue weighted by Gasteiger charge is 2.48. The lowest BCUT2D eigenvalue weighted by atomic mass is 9.98. The Kier molecular flexibility index (Phi) is 3.89. The molecule has 0 radical (unpaired) electrons. The number of nitrogens with zero attached hydrogens (tertiary/aromatic N) is 4. The van der Waals surface area contributed by atoms with Crippen molar-refractivity contribution in [1.82, 2.24) is 19.7 Å². The van der Waals surface area contributed by atoms with E-state index in [1.54, 1.807) is 41.5 Å². The molecular weight excluding hydrogens is 313 g/mol. The lowest BCUT2D eigenvalue weighted by Crippen LogP contribution is -2.52. The highest BCUT2D eigenvalue weighted by molar-refractivity contribution is 5.69. The summed E-state index contributed by atoms with van der Waals surface area (Å²) in [6, 6.07) is -0.665. The summed E-state index contributed by atoms with van der Waals surface area (Å²) in [5.74, 6) is -0.951. The van der Waals surface area contributed by atoms with Gasteiger partial charge in [-0.1, -0.05) is 0 Å². The Morgan fingerprint density at radius 1 is 1.26 bits per heavy atom. The maximum absolute atomic E-state index is 13.1. The third kappa shape index (κ3) is 3.28. The number of aromatic nitrogens is 3. The fourth-order valence-electron chi connectivity index (χ4n) is 2.65. The second kappa shape index (κ2) is 5.10. The molecule has 0 fully saturated rings. The van der Waals surface area contributed by atoms with E-state index >= 15 is 0 Å². The van der Waals surface area contributed by atoms with Crippen molar-refractivity contribution in [2.45, 2.75) is 64.9 Å². The summed E-state index contributed by atoms with van der Waals surface area (Å²) >= 11 is 0. The van der Waals surface area contributed by atoms with Crippen LogP contribution in [0.5, 0.6) is 0 Å². The maximum atomic E-state index is 13.1.